The average Bonchev–Trinajstić information content (AvgIpc) is 3.16. The summed E-state index contributed by atoms with van der Waals surface area (Å²) in [6.45, 7) is 1.24. The standard InChI is InChI=1S/C21H19NO4S/c1-25-19-4-2-3-5-21(19)27(23,24)18-8-6-16(7-9-18)14-22-12-10-17-11-13-26-20(17)15-22/h2-12,15H,13-14H2,1H3. The van der Waals surface area contributed by atoms with Crippen LogP contribution in [-0.2, 0) is 21.1 Å². The number of para-hydroxylation sites is 1. The molecule has 0 saturated heterocycles. The van der Waals surface area contributed by atoms with Crippen LogP contribution in [0.1, 0.15) is 5.56 Å². The van der Waals surface area contributed by atoms with Gasteiger partial charge in [-0.3, -0.25) is 0 Å². The highest BCUT2D eigenvalue weighted by Gasteiger charge is 2.22. The summed E-state index contributed by atoms with van der Waals surface area (Å²) in [7, 11) is -2.17. The molecule has 2 heterocycles. The predicted molar refractivity (Wildman–Crippen MR) is 102 cm³/mol. The highest BCUT2D eigenvalue weighted by atomic mass is 32.2. The molecule has 5 nitrogen and oxygen atoms in total. The zero-order valence-corrected chi connectivity index (χ0v) is 15.6. The van der Waals surface area contributed by atoms with Crippen molar-refractivity contribution in [2.45, 2.75) is 16.3 Å². The average molecular weight is 381 g/mol. The van der Waals surface area contributed by atoms with Crippen LogP contribution in [0.4, 0.5) is 0 Å². The molecule has 2 aliphatic rings. The Hall–Kier alpha value is -2.99. The van der Waals surface area contributed by atoms with Gasteiger partial charge in [-0.2, -0.15) is 0 Å². The van der Waals surface area contributed by atoms with Crippen LogP contribution in [0.15, 0.2) is 94.2 Å². The van der Waals surface area contributed by atoms with E-state index in [0.717, 1.165) is 16.9 Å². The first-order valence-electron chi connectivity index (χ1n) is 8.54. The Morgan fingerprint density at radius 1 is 1.11 bits per heavy atom. The van der Waals surface area contributed by atoms with Gasteiger partial charge in [0, 0.05) is 24.5 Å². The van der Waals surface area contributed by atoms with Crippen LogP contribution >= 0.6 is 0 Å². The minimum absolute atomic E-state index is 0.168. The molecule has 6 heteroatoms. The van der Waals surface area contributed by atoms with E-state index in [2.05, 4.69) is 0 Å². The lowest BCUT2D eigenvalue weighted by Gasteiger charge is -2.20. The van der Waals surface area contributed by atoms with Gasteiger partial charge in [-0.25, -0.2) is 8.42 Å². The predicted octanol–water partition coefficient (Wildman–Crippen LogP) is 3.66. The summed E-state index contributed by atoms with van der Waals surface area (Å²) >= 11 is 0. The lowest BCUT2D eigenvalue weighted by molar-refractivity contribution is 0.265. The zero-order chi connectivity index (χ0) is 18.9. The van der Waals surface area contributed by atoms with Crippen molar-refractivity contribution >= 4 is 9.84 Å². The fraction of sp³-hybridized carbons (Fsp3) is 0.143. The molecule has 0 radical (unpaired) electrons. The number of sulfone groups is 1. The SMILES string of the molecule is COc1ccccc1S(=O)(=O)c1ccc(CN2C=CC3=CCOC3=C2)cc1. The lowest BCUT2D eigenvalue weighted by atomic mass is 10.1. The van der Waals surface area contributed by atoms with Crippen molar-refractivity contribution in [2.24, 2.45) is 0 Å². The third-order valence-corrected chi connectivity index (χ3v) is 6.32. The summed E-state index contributed by atoms with van der Waals surface area (Å²) in [5, 5.41) is 0. The van der Waals surface area contributed by atoms with Crippen LogP contribution in [0.2, 0.25) is 0 Å². The summed E-state index contributed by atoms with van der Waals surface area (Å²) in [6, 6.07) is 13.6. The maximum absolute atomic E-state index is 12.9. The zero-order valence-electron chi connectivity index (χ0n) is 14.8. The van der Waals surface area contributed by atoms with Gasteiger partial charge >= 0.3 is 0 Å². The summed E-state index contributed by atoms with van der Waals surface area (Å²) in [6.07, 6.45) is 8.00. The fourth-order valence-electron chi connectivity index (χ4n) is 3.09. The maximum Gasteiger partial charge on any atom is 0.210 e. The van der Waals surface area contributed by atoms with E-state index in [-0.39, 0.29) is 9.79 Å². The molecule has 0 fully saturated rings. The van der Waals surface area contributed by atoms with Gasteiger partial charge < -0.3 is 14.4 Å². The van der Waals surface area contributed by atoms with Gasteiger partial charge in [0.25, 0.3) is 0 Å². The molecule has 0 aliphatic carbocycles. The molecule has 2 aromatic rings. The first-order chi connectivity index (χ1) is 13.1. The quantitative estimate of drug-likeness (QED) is 0.791. The molecule has 0 atom stereocenters. The molecule has 0 aromatic heterocycles. The number of ether oxygens (including phenoxy) is 2. The number of hydrogen-bond donors (Lipinski definition) is 0. The van der Waals surface area contributed by atoms with Crippen LogP contribution in [0.3, 0.4) is 0 Å². The van der Waals surface area contributed by atoms with Crippen molar-refractivity contribution in [1.29, 1.82) is 0 Å². The monoisotopic (exact) mass is 381 g/mol. The number of benzene rings is 2. The molecule has 0 bridgehead atoms. The number of allylic oxidation sites excluding steroid dienone is 1. The van der Waals surface area contributed by atoms with Gasteiger partial charge in [0.15, 0.2) is 0 Å². The first-order valence-corrected chi connectivity index (χ1v) is 10.0. The molecule has 0 amide bonds. The van der Waals surface area contributed by atoms with Crippen LogP contribution < -0.4 is 4.74 Å². The van der Waals surface area contributed by atoms with Crippen LogP contribution in [0.5, 0.6) is 5.75 Å². The minimum Gasteiger partial charge on any atom is -0.495 e. The van der Waals surface area contributed by atoms with Crippen molar-refractivity contribution < 1.29 is 17.9 Å². The third-order valence-electron chi connectivity index (χ3n) is 4.51. The molecule has 0 N–H and O–H groups in total. The Balaban J connectivity index is 1.55. The van der Waals surface area contributed by atoms with Crippen molar-refractivity contribution in [1.82, 2.24) is 4.90 Å². The smallest absolute Gasteiger partial charge is 0.210 e. The highest BCUT2D eigenvalue weighted by molar-refractivity contribution is 7.91. The van der Waals surface area contributed by atoms with Crippen LogP contribution in [0.25, 0.3) is 0 Å². The van der Waals surface area contributed by atoms with Gasteiger partial charge in [-0.15, -0.1) is 0 Å². The van der Waals surface area contributed by atoms with E-state index in [1.807, 2.05) is 41.6 Å². The molecule has 0 unspecified atom stereocenters. The molecular weight excluding hydrogens is 362 g/mol. The van der Waals surface area contributed by atoms with E-state index >= 15 is 0 Å². The number of methoxy groups -OCH3 is 1. The number of rotatable bonds is 5. The normalized spacial score (nSPS) is 15.7. The number of nitrogens with zero attached hydrogens (tertiary/aromatic N) is 1. The molecule has 0 spiro atoms. The van der Waals surface area contributed by atoms with E-state index in [1.165, 1.54) is 7.11 Å². The molecule has 4 rings (SSSR count). The molecule has 2 aliphatic heterocycles. The van der Waals surface area contributed by atoms with Gasteiger partial charge in [-0.05, 0) is 42.0 Å². The Kier molecular flexibility index (Phi) is 4.49. The highest BCUT2D eigenvalue weighted by Crippen LogP contribution is 2.30. The van der Waals surface area contributed by atoms with E-state index in [1.54, 1.807) is 36.4 Å². The van der Waals surface area contributed by atoms with E-state index in [0.29, 0.717) is 18.9 Å². The molecule has 138 valence electrons. The molecule has 0 saturated carbocycles. The van der Waals surface area contributed by atoms with Crippen LogP contribution in [0, 0.1) is 0 Å². The lowest BCUT2D eigenvalue weighted by Crippen LogP contribution is -2.13. The van der Waals surface area contributed by atoms with E-state index < -0.39 is 9.84 Å². The van der Waals surface area contributed by atoms with Crippen molar-refractivity contribution in [3.63, 3.8) is 0 Å². The Labute approximate surface area is 158 Å². The van der Waals surface area contributed by atoms with Crippen molar-refractivity contribution in [3.8, 4) is 5.75 Å². The van der Waals surface area contributed by atoms with E-state index in [9.17, 15) is 8.42 Å². The maximum atomic E-state index is 12.9. The van der Waals surface area contributed by atoms with Gasteiger partial charge in [0.2, 0.25) is 9.84 Å². The summed E-state index contributed by atoms with van der Waals surface area (Å²) in [5.74, 6) is 1.21. The Bertz CT molecular complexity index is 1050. The van der Waals surface area contributed by atoms with Crippen molar-refractivity contribution in [3.05, 3.63) is 90.0 Å². The minimum atomic E-state index is -3.64. The second kappa shape index (κ2) is 6.96. The number of hydrogen-bond acceptors (Lipinski definition) is 5. The second-order valence-corrected chi connectivity index (χ2v) is 8.17. The Morgan fingerprint density at radius 2 is 1.89 bits per heavy atom. The Morgan fingerprint density at radius 3 is 2.67 bits per heavy atom. The van der Waals surface area contributed by atoms with Crippen LogP contribution in [-0.4, -0.2) is 27.0 Å². The fourth-order valence-corrected chi connectivity index (χ4v) is 4.51. The summed E-state index contributed by atoms with van der Waals surface area (Å²) in [5.41, 5.74) is 2.10. The van der Waals surface area contributed by atoms with Gasteiger partial charge in [-0.1, -0.05) is 24.3 Å². The second-order valence-electron chi connectivity index (χ2n) is 6.25. The topological polar surface area (TPSA) is 55.8 Å². The largest absolute Gasteiger partial charge is 0.495 e. The summed E-state index contributed by atoms with van der Waals surface area (Å²) < 4.78 is 36.6. The van der Waals surface area contributed by atoms with Crippen molar-refractivity contribution in [2.75, 3.05) is 13.7 Å². The molecular formula is C21H19NO4S. The van der Waals surface area contributed by atoms with Gasteiger partial charge in [0.1, 0.15) is 23.0 Å². The number of fused-ring (bicyclic) bond motifs is 1. The summed E-state index contributed by atoms with van der Waals surface area (Å²) in [4.78, 5) is 2.43. The third kappa shape index (κ3) is 3.36. The molecule has 2 aromatic carbocycles. The molecule has 27 heavy (non-hydrogen) atoms. The van der Waals surface area contributed by atoms with Gasteiger partial charge in [0.05, 0.1) is 12.0 Å². The van der Waals surface area contributed by atoms with E-state index in [4.69, 9.17) is 9.47 Å². The first kappa shape index (κ1) is 17.4.